The van der Waals surface area contributed by atoms with Crippen molar-refractivity contribution in [3.05, 3.63) is 27.3 Å². The highest BCUT2D eigenvalue weighted by atomic mass is 127. The Morgan fingerprint density at radius 1 is 1.28 bits per heavy atom. The zero-order valence-electron chi connectivity index (χ0n) is 10.7. The van der Waals surface area contributed by atoms with Crippen LogP contribution in [0.25, 0.3) is 0 Å². The molecule has 1 aromatic carbocycles. The first-order valence-electron chi connectivity index (χ1n) is 6.17. The molecule has 5 heteroatoms. The van der Waals surface area contributed by atoms with Gasteiger partial charge in [-0.25, -0.2) is 8.42 Å². The number of hydrogen-bond acceptors (Lipinski definition) is 2. The van der Waals surface area contributed by atoms with E-state index in [2.05, 4.69) is 29.5 Å². The van der Waals surface area contributed by atoms with E-state index in [0.717, 1.165) is 22.0 Å². The molecule has 0 N–H and O–H groups in total. The lowest BCUT2D eigenvalue weighted by Crippen LogP contribution is -2.38. The van der Waals surface area contributed by atoms with Gasteiger partial charge in [-0.1, -0.05) is 6.92 Å². The number of rotatable bonds is 2. The molecule has 2 rings (SSSR count). The second-order valence-corrected chi connectivity index (χ2v) is 8.15. The average molecular weight is 379 g/mol. The van der Waals surface area contributed by atoms with Crippen molar-refractivity contribution in [3.63, 3.8) is 0 Å². The van der Waals surface area contributed by atoms with Gasteiger partial charge in [-0.05, 0) is 72.0 Å². The molecule has 0 unspecified atom stereocenters. The number of sulfonamides is 1. The number of aryl methyl sites for hydroxylation is 1. The zero-order valence-corrected chi connectivity index (χ0v) is 13.7. The van der Waals surface area contributed by atoms with E-state index >= 15 is 0 Å². The summed E-state index contributed by atoms with van der Waals surface area (Å²) in [6.45, 7) is 5.34. The minimum Gasteiger partial charge on any atom is -0.207 e. The molecule has 0 amide bonds. The highest BCUT2D eigenvalue weighted by Crippen LogP contribution is 2.26. The number of hydrogen-bond donors (Lipinski definition) is 0. The van der Waals surface area contributed by atoms with E-state index in [0.29, 0.717) is 23.9 Å². The van der Waals surface area contributed by atoms with Crippen molar-refractivity contribution >= 4 is 32.6 Å². The molecule has 100 valence electrons. The lowest BCUT2D eigenvalue weighted by Gasteiger charge is -2.29. The monoisotopic (exact) mass is 379 g/mol. The Kier molecular flexibility index (Phi) is 4.33. The zero-order chi connectivity index (χ0) is 13.3. The number of benzene rings is 1. The van der Waals surface area contributed by atoms with E-state index in [1.54, 1.807) is 10.4 Å². The fourth-order valence-electron chi connectivity index (χ4n) is 2.27. The molecule has 1 aliphatic heterocycles. The van der Waals surface area contributed by atoms with Gasteiger partial charge in [0, 0.05) is 16.7 Å². The molecule has 1 saturated heterocycles. The van der Waals surface area contributed by atoms with Gasteiger partial charge in [-0.2, -0.15) is 4.31 Å². The predicted octanol–water partition coefficient (Wildman–Crippen LogP) is 3.02. The van der Waals surface area contributed by atoms with Crippen LogP contribution in [0, 0.1) is 16.4 Å². The third-order valence-electron chi connectivity index (χ3n) is 3.50. The van der Waals surface area contributed by atoms with Crippen LogP contribution >= 0.6 is 22.6 Å². The highest BCUT2D eigenvalue weighted by Gasteiger charge is 2.28. The summed E-state index contributed by atoms with van der Waals surface area (Å²) in [5.74, 6) is 0.634. The van der Waals surface area contributed by atoms with Crippen LogP contribution in [0.15, 0.2) is 23.1 Å². The normalized spacial score (nSPS) is 19.1. The van der Waals surface area contributed by atoms with Crippen molar-refractivity contribution < 1.29 is 8.42 Å². The van der Waals surface area contributed by atoms with Crippen molar-refractivity contribution in [1.29, 1.82) is 0 Å². The van der Waals surface area contributed by atoms with Gasteiger partial charge in [0.1, 0.15) is 0 Å². The molecule has 1 heterocycles. The third kappa shape index (κ3) is 2.88. The molecule has 0 spiro atoms. The molecule has 0 saturated carbocycles. The summed E-state index contributed by atoms with van der Waals surface area (Å²) in [5.41, 5.74) is 0.834. The Labute approximate surface area is 123 Å². The van der Waals surface area contributed by atoms with Gasteiger partial charge in [0.2, 0.25) is 10.0 Å². The van der Waals surface area contributed by atoms with E-state index in [9.17, 15) is 8.42 Å². The SMILES string of the molecule is Cc1cc(I)ccc1S(=O)(=O)N1CCC(C)CC1. The van der Waals surface area contributed by atoms with Crippen LogP contribution in [0.1, 0.15) is 25.3 Å². The first-order chi connectivity index (χ1) is 8.41. The molecule has 3 nitrogen and oxygen atoms in total. The summed E-state index contributed by atoms with van der Waals surface area (Å²) in [7, 11) is -3.30. The van der Waals surface area contributed by atoms with E-state index in [1.165, 1.54) is 0 Å². The largest absolute Gasteiger partial charge is 0.243 e. The Morgan fingerprint density at radius 2 is 1.89 bits per heavy atom. The van der Waals surface area contributed by atoms with Crippen molar-refractivity contribution in [2.75, 3.05) is 13.1 Å². The molecule has 0 radical (unpaired) electrons. The quantitative estimate of drug-likeness (QED) is 0.741. The standard InChI is InChI=1S/C13H18INO2S/c1-10-5-7-15(8-6-10)18(16,17)13-4-3-12(14)9-11(13)2/h3-4,9-10H,5-8H2,1-2H3. The minimum atomic E-state index is -3.30. The molecule has 18 heavy (non-hydrogen) atoms. The highest BCUT2D eigenvalue weighted by molar-refractivity contribution is 14.1. The predicted molar refractivity (Wildman–Crippen MR) is 81.1 cm³/mol. The Morgan fingerprint density at radius 3 is 2.44 bits per heavy atom. The maximum atomic E-state index is 12.5. The Balaban J connectivity index is 2.30. The van der Waals surface area contributed by atoms with E-state index in [4.69, 9.17) is 0 Å². The Hall–Kier alpha value is -0.140. The van der Waals surface area contributed by atoms with Crippen molar-refractivity contribution in [1.82, 2.24) is 4.31 Å². The summed E-state index contributed by atoms with van der Waals surface area (Å²) in [4.78, 5) is 0.456. The second kappa shape index (κ2) is 5.46. The van der Waals surface area contributed by atoms with Crippen molar-refractivity contribution in [2.45, 2.75) is 31.6 Å². The first-order valence-corrected chi connectivity index (χ1v) is 8.69. The van der Waals surface area contributed by atoms with Crippen LogP contribution in [0.2, 0.25) is 0 Å². The summed E-state index contributed by atoms with van der Waals surface area (Å²) in [5, 5.41) is 0. The maximum absolute atomic E-state index is 12.5. The van der Waals surface area contributed by atoms with Crippen LogP contribution in [-0.4, -0.2) is 25.8 Å². The average Bonchev–Trinajstić information content (AvgIpc) is 2.29. The van der Waals surface area contributed by atoms with E-state index in [-0.39, 0.29) is 0 Å². The van der Waals surface area contributed by atoms with Crippen LogP contribution in [0.4, 0.5) is 0 Å². The molecular weight excluding hydrogens is 361 g/mol. The van der Waals surface area contributed by atoms with Gasteiger partial charge >= 0.3 is 0 Å². The number of halogens is 1. The molecule has 0 atom stereocenters. The van der Waals surface area contributed by atoms with Gasteiger partial charge in [-0.15, -0.1) is 0 Å². The number of piperidine rings is 1. The molecular formula is C13H18INO2S. The molecule has 1 fully saturated rings. The molecule has 1 aromatic rings. The Bertz CT molecular complexity index is 534. The third-order valence-corrected chi connectivity index (χ3v) is 6.23. The van der Waals surface area contributed by atoms with Gasteiger partial charge in [0.15, 0.2) is 0 Å². The molecule has 0 bridgehead atoms. The van der Waals surface area contributed by atoms with Crippen LogP contribution in [0.3, 0.4) is 0 Å². The van der Waals surface area contributed by atoms with E-state index in [1.807, 2.05) is 19.1 Å². The summed E-state index contributed by atoms with van der Waals surface area (Å²) < 4.78 is 27.8. The minimum absolute atomic E-state index is 0.456. The van der Waals surface area contributed by atoms with Crippen molar-refractivity contribution in [3.8, 4) is 0 Å². The summed E-state index contributed by atoms with van der Waals surface area (Å²) >= 11 is 2.20. The molecule has 0 aliphatic carbocycles. The fraction of sp³-hybridized carbons (Fsp3) is 0.538. The fourth-order valence-corrected chi connectivity index (χ4v) is 4.59. The smallest absolute Gasteiger partial charge is 0.207 e. The van der Waals surface area contributed by atoms with Gasteiger partial charge in [0.25, 0.3) is 0 Å². The van der Waals surface area contributed by atoms with Crippen LogP contribution in [-0.2, 0) is 10.0 Å². The lowest BCUT2D eigenvalue weighted by molar-refractivity contribution is 0.288. The van der Waals surface area contributed by atoms with Crippen LogP contribution < -0.4 is 0 Å². The van der Waals surface area contributed by atoms with Gasteiger partial charge < -0.3 is 0 Å². The first kappa shape index (κ1) is 14.3. The number of nitrogens with zero attached hydrogens (tertiary/aromatic N) is 1. The van der Waals surface area contributed by atoms with Gasteiger partial charge in [0.05, 0.1) is 4.90 Å². The molecule has 1 aliphatic rings. The lowest BCUT2D eigenvalue weighted by atomic mass is 10.0. The summed E-state index contributed by atoms with van der Waals surface area (Å²) in [6.07, 6.45) is 1.92. The van der Waals surface area contributed by atoms with Crippen molar-refractivity contribution in [2.24, 2.45) is 5.92 Å². The maximum Gasteiger partial charge on any atom is 0.243 e. The van der Waals surface area contributed by atoms with Crippen LogP contribution in [0.5, 0.6) is 0 Å². The topological polar surface area (TPSA) is 37.4 Å². The second-order valence-electron chi connectivity index (χ2n) is 5.00. The van der Waals surface area contributed by atoms with Gasteiger partial charge in [-0.3, -0.25) is 0 Å². The van der Waals surface area contributed by atoms with E-state index < -0.39 is 10.0 Å². The summed E-state index contributed by atoms with van der Waals surface area (Å²) in [6, 6.07) is 5.50. The molecule has 0 aromatic heterocycles.